The van der Waals surface area contributed by atoms with Gasteiger partial charge < -0.3 is 14.2 Å². The van der Waals surface area contributed by atoms with Crippen LogP contribution in [0.1, 0.15) is 25.6 Å². The van der Waals surface area contributed by atoms with Crippen LogP contribution in [-0.2, 0) is 6.54 Å². The highest BCUT2D eigenvalue weighted by atomic mass is 16.5. The second-order valence-corrected chi connectivity index (χ2v) is 9.05. The first-order chi connectivity index (χ1) is 17.3. The van der Waals surface area contributed by atoms with E-state index in [-0.39, 0.29) is 12.6 Å². The van der Waals surface area contributed by atoms with Crippen molar-refractivity contribution in [1.82, 2.24) is 14.2 Å². The fourth-order valence-corrected chi connectivity index (χ4v) is 4.73. The molecular weight excluding hydrogens is 460 g/mol. The van der Waals surface area contributed by atoms with Crippen LogP contribution in [0.3, 0.4) is 0 Å². The zero-order chi connectivity index (χ0) is 25.4. The molecule has 1 atom stereocenters. The van der Waals surface area contributed by atoms with Crippen LogP contribution in [0.25, 0.3) is 5.69 Å². The highest BCUT2D eigenvalue weighted by Gasteiger charge is 2.55. The molecule has 1 fully saturated rings. The van der Waals surface area contributed by atoms with Crippen LogP contribution in [0.4, 0.5) is 10.5 Å². The number of anilines is 1. The van der Waals surface area contributed by atoms with Crippen LogP contribution in [-0.4, -0.2) is 32.9 Å². The molecule has 1 aliphatic rings. The van der Waals surface area contributed by atoms with Crippen molar-refractivity contribution in [2.75, 3.05) is 12.0 Å². The van der Waals surface area contributed by atoms with Crippen LogP contribution in [0.15, 0.2) is 99.0 Å². The predicted octanol–water partition coefficient (Wildman–Crippen LogP) is 4.02. The largest absolute Gasteiger partial charge is 0.496 e. The minimum atomic E-state index is -0.962. The standard InChI is InChI=1S/C27H26N4O5/c1-27(2)23(31-25(33)30(26(34)36-31)21-15-8-5-9-16-21)29(20-13-6-4-7-14-20)24(32)28(27)18-19-12-10-11-17-22(19)35-3/h4-17,23H,18H2,1-3H3. The van der Waals surface area contributed by atoms with Gasteiger partial charge in [0.15, 0.2) is 6.17 Å². The third-order valence-corrected chi connectivity index (χ3v) is 6.54. The molecule has 3 aromatic carbocycles. The average molecular weight is 487 g/mol. The van der Waals surface area contributed by atoms with Gasteiger partial charge >= 0.3 is 17.5 Å². The van der Waals surface area contributed by atoms with Gasteiger partial charge in [0.2, 0.25) is 0 Å². The molecule has 0 N–H and O–H groups in total. The molecule has 9 nitrogen and oxygen atoms in total. The monoisotopic (exact) mass is 486 g/mol. The lowest BCUT2D eigenvalue weighted by Crippen LogP contribution is -2.46. The molecule has 1 aromatic heterocycles. The molecular formula is C27H26N4O5. The Labute approximate surface area is 207 Å². The summed E-state index contributed by atoms with van der Waals surface area (Å²) >= 11 is 0. The van der Waals surface area contributed by atoms with Crippen molar-refractivity contribution in [3.63, 3.8) is 0 Å². The Bertz CT molecular complexity index is 1500. The highest BCUT2D eigenvalue weighted by molar-refractivity contribution is 5.95. The van der Waals surface area contributed by atoms with Gasteiger partial charge in [0.1, 0.15) is 5.75 Å². The van der Waals surface area contributed by atoms with Crippen LogP contribution in [0.5, 0.6) is 5.75 Å². The first-order valence-electron chi connectivity index (χ1n) is 11.5. The number of rotatable bonds is 6. The number of para-hydroxylation sites is 3. The van der Waals surface area contributed by atoms with Crippen molar-refractivity contribution in [2.24, 2.45) is 0 Å². The summed E-state index contributed by atoms with van der Waals surface area (Å²) in [6, 6.07) is 24.7. The van der Waals surface area contributed by atoms with Gasteiger partial charge in [0.05, 0.1) is 24.9 Å². The number of benzene rings is 3. The zero-order valence-electron chi connectivity index (χ0n) is 20.2. The molecule has 0 spiro atoms. The lowest BCUT2D eigenvalue weighted by molar-refractivity contribution is 0.0927. The molecule has 0 aliphatic carbocycles. The minimum absolute atomic E-state index is 0.230. The SMILES string of the molecule is COc1ccccc1CN1C(=O)N(c2ccccc2)C(n2oc(=O)n(-c3ccccc3)c2=O)C1(C)C. The fourth-order valence-electron chi connectivity index (χ4n) is 4.73. The summed E-state index contributed by atoms with van der Waals surface area (Å²) in [7, 11) is 1.58. The van der Waals surface area contributed by atoms with Gasteiger partial charge in [-0.2, -0.15) is 4.57 Å². The number of methoxy groups -OCH3 is 1. The van der Waals surface area contributed by atoms with E-state index in [2.05, 4.69) is 0 Å². The Hall–Kier alpha value is -4.53. The number of carbonyl (C=O) groups is 1. The minimum Gasteiger partial charge on any atom is -0.496 e. The van der Waals surface area contributed by atoms with Gasteiger partial charge in [-0.3, -0.25) is 4.90 Å². The maximum absolute atomic E-state index is 14.0. The molecule has 4 aromatic rings. The van der Waals surface area contributed by atoms with Crippen LogP contribution < -0.4 is 21.1 Å². The second kappa shape index (κ2) is 8.92. The van der Waals surface area contributed by atoms with E-state index in [1.165, 1.54) is 4.90 Å². The van der Waals surface area contributed by atoms with Gasteiger partial charge in [-0.25, -0.2) is 14.4 Å². The summed E-state index contributed by atoms with van der Waals surface area (Å²) in [6.07, 6.45) is -0.938. The first-order valence-corrected chi connectivity index (χ1v) is 11.5. The van der Waals surface area contributed by atoms with Crippen LogP contribution >= 0.6 is 0 Å². The van der Waals surface area contributed by atoms with Crippen molar-refractivity contribution in [1.29, 1.82) is 0 Å². The maximum atomic E-state index is 14.0. The van der Waals surface area contributed by atoms with Crippen LogP contribution in [0, 0.1) is 0 Å². The van der Waals surface area contributed by atoms with Gasteiger partial charge in [-0.1, -0.05) is 54.6 Å². The predicted molar refractivity (Wildman–Crippen MR) is 135 cm³/mol. The Balaban J connectivity index is 1.67. The summed E-state index contributed by atoms with van der Waals surface area (Å²) in [5.41, 5.74) is 0.137. The van der Waals surface area contributed by atoms with Gasteiger partial charge in [-0.05, 0) is 44.2 Å². The summed E-state index contributed by atoms with van der Waals surface area (Å²) in [5.74, 6) is -0.180. The molecule has 1 unspecified atom stereocenters. The van der Waals surface area contributed by atoms with Gasteiger partial charge in [-0.15, -0.1) is 4.74 Å². The first kappa shape index (κ1) is 23.2. The fraction of sp³-hybridized carbons (Fsp3) is 0.222. The van der Waals surface area contributed by atoms with E-state index >= 15 is 0 Å². The quantitative estimate of drug-likeness (QED) is 0.411. The zero-order valence-corrected chi connectivity index (χ0v) is 20.2. The topological polar surface area (TPSA) is 89.9 Å². The van der Waals surface area contributed by atoms with E-state index in [1.807, 2.05) is 56.3 Å². The van der Waals surface area contributed by atoms with Crippen molar-refractivity contribution in [3.05, 3.63) is 112 Å². The lowest BCUT2D eigenvalue weighted by atomic mass is 9.99. The number of ether oxygens (including phenoxy) is 1. The Morgan fingerprint density at radius 3 is 2.06 bits per heavy atom. The number of urea groups is 1. The average Bonchev–Trinajstić information content (AvgIpc) is 3.28. The third-order valence-electron chi connectivity index (χ3n) is 6.54. The molecule has 1 saturated heterocycles. The van der Waals surface area contributed by atoms with E-state index in [9.17, 15) is 14.4 Å². The molecule has 0 saturated carbocycles. The molecule has 2 heterocycles. The number of hydrogen-bond donors (Lipinski definition) is 0. The van der Waals surface area contributed by atoms with E-state index < -0.39 is 23.2 Å². The van der Waals surface area contributed by atoms with E-state index in [0.29, 0.717) is 17.1 Å². The van der Waals surface area contributed by atoms with Crippen LogP contribution in [0.2, 0.25) is 0 Å². The number of aromatic nitrogens is 2. The maximum Gasteiger partial charge on any atom is 0.447 e. The van der Waals surface area contributed by atoms with E-state index in [0.717, 1.165) is 14.9 Å². The second-order valence-electron chi connectivity index (χ2n) is 9.05. The van der Waals surface area contributed by atoms with Gasteiger partial charge in [0.25, 0.3) is 0 Å². The number of amides is 2. The summed E-state index contributed by atoms with van der Waals surface area (Å²) in [5, 5.41) is 0. The Morgan fingerprint density at radius 2 is 1.42 bits per heavy atom. The van der Waals surface area contributed by atoms with Crippen molar-refractivity contribution in [3.8, 4) is 11.4 Å². The third kappa shape index (κ3) is 3.69. The molecule has 0 radical (unpaired) electrons. The van der Waals surface area contributed by atoms with E-state index in [1.54, 1.807) is 54.5 Å². The summed E-state index contributed by atoms with van der Waals surface area (Å²) < 4.78 is 13.0. The van der Waals surface area contributed by atoms with Crippen molar-refractivity contribution >= 4 is 11.7 Å². The molecule has 184 valence electrons. The smallest absolute Gasteiger partial charge is 0.447 e. The summed E-state index contributed by atoms with van der Waals surface area (Å²) in [6.45, 7) is 3.93. The molecule has 36 heavy (non-hydrogen) atoms. The highest BCUT2D eigenvalue weighted by Crippen LogP contribution is 2.43. The molecule has 5 rings (SSSR count). The normalized spacial score (nSPS) is 17.0. The number of nitrogens with zero attached hydrogens (tertiary/aromatic N) is 4. The number of carbonyl (C=O) groups excluding carboxylic acids is 1. The van der Waals surface area contributed by atoms with Crippen molar-refractivity contribution < 1.29 is 14.1 Å². The Kier molecular flexibility index (Phi) is 5.75. The molecule has 0 bridgehead atoms. The lowest BCUT2D eigenvalue weighted by Gasteiger charge is -2.34. The van der Waals surface area contributed by atoms with E-state index in [4.69, 9.17) is 9.26 Å². The van der Waals surface area contributed by atoms with Crippen molar-refractivity contribution in [2.45, 2.75) is 32.1 Å². The molecule has 2 amide bonds. The number of hydrogen-bond acceptors (Lipinski definition) is 5. The molecule has 9 heteroatoms. The van der Waals surface area contributed by atoms with Gasteiger partial charge in [0, 0.05) is 11.3 Å². The molecule has 1 aliphatic heterocycles. The summed E-state index contributed by atoms with van der Waals surface area (Å²) in [4.78, 5) is 43.5. The Morgan fingerprint density at radius 1 is 0.833 bits per heavy atom.